The highest BCUT2D eigenvalue weighted by atomic mass is 16.6. The van der Waals surface area contributed by atoms with Crippen LogP contribution in [0.5, 0.6) is 0 Å². The van der Waals surface area contributed by atoms with E-state index in [1.807, 2.05) is 13.0 Å². The third-order valence-corrected chi connectivity index (χ3v) is 4.53. The van der Waals surface area contributed by atoms with Gasteiger partial charge >= 0.3 is 0 Å². The number of benzene rings is 1. The molecule has 3 rings (SSSR count). The van der Waals surface area contributed by atoms with Crippen molar-refractivity contribution in [2.45, 2.75) is 25.9 Å². The number of piperidine rings is 1. The van der Waals surface area contributed by atoms with E-state index in [9.17, 15) is 10.1 Å². The Morgan fingerprint density at radius 2 is 2.04 bits per heavy atom. The quantitative estimate of drug-likeness (QED) is 0.455. The molecule has 1 aliphatic heterocycles. The molecular formula is C18H23N3O4. The summed E-state index contributed by atoms with van der Waals surface area (Å²) in [5.74, 6) is 0. The Morgan fingerprint density at radius 3 is 2.72 bits per heavy atom. The summed E-state index contributed by atoms with van der Waals surface area (Å²) in [5.41, 5.74) is 2.81. The predicted molar refractivity (Wildman–Crippen MR) is 96.2 cm³/mol. The molecule has 134 valence electrons. The zero-order chi connectivity index (χ0) is 17.8. The Balaban J connectivity index is 1.81. The third kappa shape index (κ3) is 4.05. The number of nitrogens with zero attached hydrogens (tertiary/aromatic N) is 3. The van der Waals surface area contributed by atoms with Crippen LogP contribution in [-0.4, -0.2) is 49.4 Å². The molecule has 7 nitrogen and oxygen atoms in total. The van der Waals surface area contributed by atoms with Gasteiger partial charge in [-0.15, -0.1) is 0 Å². The van der Waals surface area contributed by atoms with Gasteiger partial charge < -0.3 is 14.4 Å². The summed E-state index contributed by atoms with van der Waals surface area (Å²) < 4.78 is 10.8. The first-order chi connectivity index (χ1) is 12.1. The Bertz CT molecular complexity index is 757. The van der Waals surface area contributed by atoms with Gasteiger partial charge in [-0.1, -0.05) is 0 Å². The number of nitro benzene ring substituents is 1. The van der Waals surface area contributed by atoms with Gasteiger partial charge in [0.25, 0.3) is 5.69 Å². The number of nitro groups is 1. The Morgan fingerprint density at radius 1 is 1.28 bits per heavy atom. The molecule has 0 saturated carbocycles. The lowest BCUT2D eigenvalue weighted by molar-refractivity contribution is -0.384. The Labute approximate surface area is 146 Å². The van der Waals surface area contributed by atoms with E-state index in [1.54, 1.807) is 19.2 Å². The maximum Gasteiger partial charge on any atom is 0.270 e. The molecule has 2 aromatic rings. The first kappa shape index (κ1) is 17.6. The van der Waals surface area contributed by atoms with E-state index in [0.717, 1.165) is 48.2 Å². The fourth-order valence-electron chi connectivity index (χ4n) is 3.26. The van der Waals surface area contributed by atoms with E-state index < -0.39 is 0 Å². The van der Waals surface area contributed by atoms with Crippen molar-refractivity contribution in [3.63, 3.8) is 0 Å². The van der Waals surface area contributed by atoms with Gasteiger partial charge in [0.15, 0.2) is 0 Å². The number of aromatic nitrogens is 1. The minimum Gasteiger partial charge on any atom is -0.382 e. The van der Waals surface area contributed by atoms with Crippen LogP contribution in [0.1, 0.15) is 18.5 Å². The second kappa shape index (κ2) is 7.76. The normalized spacial score (nSPS) is 15.7. The van der Waals surface area contributed by atoms with Gasteiger partial charge in [-0.3, -0.25) is 15.1 Å². The largest absolute Gasteiger partial charge is 0.382 e. The van der Waals surface area contributed by atoms with Gasteiger partial charge in [0.1, 0.15) is 0 Å². The standard InChI is InChI=1S/C18H23N3O4/c1-13-11-18(16-12-14(21(22)23)3-4-17(16)19-13)20-7-5-15(6-8-20)25-10-9-24-2/h3-4,11-12,15H,5-10H2,1-2H3. The van der Waals surface area contributed by atoms with E-state index in [4.69, 9.17) is 9.47 Å². The summed E-state index contributed by atoms with van der Waals surface area (Å²) in [6.07, 6.45) is 2.11. The highest BCUT2D eigenvalue weighted by Gasteiger charge is 2.22. The van der Waals surface area contributed by atoms with Crippen LogP contribution >= 0.6 is 0 Å². The van der Waals surface area contributed by atoms with E-state index >= 15 is 0 Å². The first-order valence-electron chi connectivity index (χ1n) is 8.50. The van der Waals surface area contributed by atoms with E-state index in [2.05, 4.69) is 9.88 Å². The van der Waals surface area contributed by atoms with Crippen molar-refractivity contribution >= 4 is 22.3 Å². The molecule has 0 N–H and O–H groups in total. The van der Waals surface area contributed by atoms with Gasteiger partial charge in [-0.05, 0) is 31.9 Å². The zero-order valence-corrected chi connectivity index (χ0v) is 14.6. The van der Waals surface area contributed by atoms with Crippen LogP contribution in [0.25, 0.3) is 10.9 Å². The van der Waals surface area contributed by atoms with Crippen LogP contribution in [0.3, 0.4) is 0 Å². The third-order valence-electron chi connectivity index (χ3n) is 4.53. The van der Waals surface area contributed by atoms with E-state index in [-0.39, 0.29) is 16.7 Å². The molecule has 1 fully saturated rings. The minimum atomic E-state index is -0.362. The Hall–Kier alpha value is -2.25. The van der Waals surface area contributed by atoms with Crippen molar-refractivity contribution in [2.75, 3.05) is 38.3 Å². The number of methoxy groups -OCH3 is 1. The fraction of sp³-hybridized carbons (Fsp3) is 0.500. The lowest BCUT2D eigenvalue weighted by Gasteiger charge is -2.34. The number of non-ortho nitro benzene ring substituents is 1. The van der Waals surface area contributed by atoms with Crippen LogP contribution in [-0.2, 0) is 9.47 Å². The van der Waals surface area contributed by atoms with Crippen LogP contribution in [0.2, 0.25) is 0 Å². The molecule has 7 heteroatoms. The Kier molecular flexibility index (Phi) is 5.45. The number of rotatable bonds is 6. The SMILES string of the molecule is COCCOC1CCN(c2cc(C)nc3ccc([N+](=O)[O-])cc23)CC1. The van der Waals surface area contributed by atoms with Gasteiger partial charge in [0.05, 0.1) is 29.8 Å². The summed E-state index contributed by atoms with van der Waals surface area (Å²) in [6, 6.07) is 6.87. The first-order valence-corrected chi connectivity index (χ1v) is 8.50. The molecular weight excluding hydrogens is 322 g/mol. The molecule has 0 amide bonds. The van der Waals surface area contributed by atoms with E-state index in [1.165, 1.54) is 6.07 Å². The maximum atomic E-state index is 11.1. The molecule has 0 atom stereocenters. The summed E-state index contributed by atoms with van der Waals surface area (Å²) in [4.78, 5) is 17.5. The second-order valence-corrected chi connectivity index (χ2v) is 6.29. The van der Waals surface area contributed by atoms with Crippen molar-refractivity contribution in [2.24, 2.45) is 0 Å². The molecule has 0 radical (unpaired) electrons. The number of pyridine rings is 1. The zero-order valence-electron chi connectivity index (χ0n) is 14.6. The number of aryl methyl sites for hydroxylation is 1. The van der Waals surface area contributed by atoms with Gasteiger partial charge in [-0.2, -0.15) is 0 Å². The lowest BCUT2D eigenvalue weighted by Crippen LogP contribution is -2.37. The molecule has 25 heavy (non-hydrogen) atoms. The average molecular weight is 345 g/mol. The molecule has 1 saturated heterocycles. The predicted octanol–water partition coefficient (Wildman–Crippen LogP) is 3.08. The average Bonchev–Trinajstić information content (AvgIpc) is 2.61. The maximum absolute atomic E-state index is 11.1. The highest BCUT2D eigenvalue weighted by Crippen LogP contribution is 2.32. The summed E-state index contributed by atoms with van der Waals surface area (Å²) in [7, 11) is 1.67. The molecule has 0 bridgehead atoms. The van der Waals surface area contributed by atoms with Crippen molar-refractivity contribution < 1.29 is 14.4 Å². The second-order valence-electron chi connectivity index (χ2n) is 6.29. The molecule has 1 aliphatic rings. The molecule has 0 unspecified atom stereocenters. The number of anilines is 1. The van der Waals surface area contributed by atoms with Crippen LogP contribution in [0.15, 0.2) is 24.3 Å². The topological polar surface area (TPSA) is 77.7 Å². The van der Waals surface area contributed by atoms with Gasteiger partial charge in [-0.25, -0.2) is 0 Å². The molecule has 1 aromatic heterocycles. The summed E-state index contributed by atoms with van der Waals surface area (Å²) in [5, 5.41) is 11.9. The van der Waals surface area contributed by atoms with Crippen molar-refractivity contribution in [3.05, 3.63) is 40.1 Å². The number of hydrogen-bond donors (Lipinski definition) is 0. The molecule has 1 aromatic carbocycles. The molecule has 2 heterocycles. The summed E-state index contributed by atoms with van der Waals surface area (Å²) >= 11 is 0. The molecule has 0 aliphatic carbocycles. The highest BCUT2D eigenvalue weighted by molar-refractivity contribution is 5.93. The fourth-order valence-corrected chi connectivity index (χ4v) is 3.26. The van der Waals surface area contributed by atoms with Crippen LogP contribution in [0, 0.1) is 17.0 Å². The minimum absolute atomic E-state index is 0.0946. The van der Waals surface area contributed by atoms with Gasteiger partial charge in [0.2, 0.25) is 0 Å². The molecule has 0 spiro atoms. The monoisotopic (exact) mass is 345 g/mol. The lowest BCUT2D eigenvalue weighted by atomic mass is 10.0. The number of hydrogen-bond acceptors (Lipinski definition) is 6. The van der Waals surface area contributed by atoms with E-state index in [0.29, 0.717) is 13.2 Å². The smallest absolute Gasteiger partial charge is 0.270 e. The number of fused-ring (bicyclic) bond motifs is 1. The van der Waals surface area contributed by atoms with Crippen molar-refractivity contribution in [3.8, 4) is 0 Å². The van der Waals surface area contributed by atoms with Crippen LogP contribution in [0.4, 0.5) is 11.4 Å². The number of ether oxygens (including phenoxy) is 2. The van der Waals surface area contributed by atoms with Crippen molar-refractivity contribution in [1.29, 1.82) is 0 Å². The van der Waals surface area contributed by atoms with Crippen molar-refractivity contribution in [1.82, 2.24) is 4.98 Å². The van der Waals surface area contributed by atoms with Gasteiger partial charge in [0, 0.05) is 49.1 Å². The summed E-state index contributed by atoms with van der Waals surface area (Å²) in [6.45, 7) is 4.89. The van der Waals surface area contributed by atoms with Crippen LogP contribution < -0.4 is 4.90 Å².